The standard InChI is InChI=1S/C24H23Cl2N3O2/c1-31-17-10-7-14(8-11-17)21-20-22(28-27-21)24(30)29(16-5-3-2-4-6-16)23(20)15-9-12-18(25)19(26)13-15/h7-13,16,23H,2-6H2,1H3,(H,27,28). The van der Waals surface area contributed by atoms with Crippen molar-refractivity contribution in [1.82, 2.24) is 15.1 Å². The van der Waals surface area contributed by atoms with Crippen molar-refractivity contribution < 1.29 is 9.53 Å². The Morgan fingerprint density at radius 1 is 1.03 bits per heavy atom. The minimum Gasteiger partial charge on any atom is -0.497 e. The maximum absolute atomic E-state index is 13.6. The SMILES string of the molecule is COc1ccc(-c2n[nH]c3c2C(c2ccc(Cl)c(Cl)c2)N(C2CCCCC2)C3=O)cc1. The quantitative estimate of drug-likeness (QED) is 0.504. The Kier molecular flexibility index (Phi) is 5.40. The van der Waals surface area contributed by atoms with Gasteiger partial charge in [0.2, 0.25) is 0 Å². The number of H-pyrrole nitrogens is 1. The summed E-state index contributed by atoms with van der Waals surface area (Å²) in [5.41, 5.74) is 4.12. The number of amides is 1. The van der Waals surface area contributed by atoms with Gasteiger partial charge in [0.25, 0.3) is 5.91 Å². The first-order chi connectivity index (χ1) is 15.1. The summed E-state index contributed by atoms with van der Waals surface area (Å²) in [6.07, 6.45) is 5.53. The molecule has 1 aliphatic carbocycles. The van der Waals surface area contributed by atoms with Gasteiger partial charge in [-0.15, -0.1) is 0 Å². The molecule has 1 aliphatic heterocycles. The zero-order valence-electron chi connectivity index (χ0n) is 17.2. The molecule has 2 aliphatic rings. The first kappa shape index (κ1) is 20.4. The molecule has 5 nitrogen and oxygen atoms in total. The number of methoxy groups -OCH3 is 1. The smallest absolute Gasteiger partial charge is 0.273 e. The van der Waals surface area contributed by atoms with Crippen molar-refractivity contribution in [2.75, 3.05) is 7.11 Å². The number of hydrogen-bond acceptors (Lipinski definition) is 3. The number of rotatable bonds is 4. The largest absolute Gasteiger partial charge is 0.497 e. The Morgan fingerprint density at radius 2 is 1.77 bits per heavy atom. The zero-order valence-corrected chi connectivity index (χ0v) is 18.7. The molecule has 1 fully saturated rings. The molecular formula is C24H23Cl2N3O2. The van der Waals surface area contributed by atoms with Gasteiger partial charge in [0.15, 0.2) is 0 Å². The van der Waals surface area contributed by atoms with E-state index in [9.17, 15) is 4.79 Å². The number of halogens is 2. The van der Waals surface area contributed by atoms with Crippen LogP contribution in [0.4, 0.5) is 0 Å². The molecule has 1 atom stereocenters. The highest BCUT2D eigenvalue weighted by atomic mass is 35.5. The summed E-state index contributed by atoms with van der Waals surface area (Å²) in [6.45, 7) is 0. The van der Waals surface area contributed by atoms with Crippen LogP contribution in [0, 0.1) is 0 Å². The lowest BCUT2D eigenvalue weighted by molar-refractivity contribution is 0.0606. The average Bonchev–Trinajstić information content (AvgIpc) is 3.35. The number of nitrogens with one attached hydrogen (secondary N) is 1. The van der Waals surface area contributed by atoms with Crippen molar-refractivity contribution in [3.63, 3.8) is 0 Å². The van der Waals surface area contributed by atoms with Crippen LogP contribution in [0.2, 0.25) is 10.0 Å². The van der Waals surface area contributed by atoms with E-state index in [0.717, 1.165) is 53.8 Å². The molecule has 1 N–H and O–H groups in total. The first-order valence-corrected chi connectivity index (χ1v) is 11.3. The number of carbonyl (C=O) groups is 1. The summed E-state index contributed by atoms with van der Waals surface area (Å²) in [7, 11) is 1.64. The second kappa shape index (κ2) is 8.21. The second-order valence-electron chi connectivity index (χ2n) is 8.17. The van der Waals surface area contributed by atoms with Crippen LogP contribution in [0.25, 0.3) is 11.3 Å². The van der Waals surface area contributed by atoms with E-state index in [1.54, 1.807) is 13.2 Å². The van der Waals surface area contributed by atoms with Crippen molar-refractivity contribution in [2.24, 2.45) is 0 Å². The molecule has 1 amide bonds. The predicted octanol–water partition coefficient (Wildman–Crippen LogP) is 6.27. The third-order valence-corrected chi connectivity index (χ3v) is 7.13. The molecule has 2 aromatic carbocycles. The van der Waals surface area contributed by atoms with E-state index in [1.165, 1.54) is 6.42 Å². The lowest BCUT2D eigenvalue weighted by Gasteiger charge is -2.36. The molecule has 160 valence electrons. The molecule has 3 aromatic rings. The van der Waals surface area contributed by atoms with E-state index < -0.39 is 0 Å². The fourth-order valence-electron chi connectivity index (χ4n) is 4.88. The fourth-order valence-corrected chi connectivity index (χ4v) is 5.19. The number of aromatic amines is 1. The van der Waals surface area contributed by atoms with E-state index in [1.807, 2.05) is 41.3 Å². The lowest BCUT2D eigenvalue weighted by atomic mass is 9.91. The van der Waals surface area contributed by atoms with Gasteiger partial charge in [0.05, 0.1) is 28.9 Å². The summed E-state index contributed by atoms with van der Waals surface area (Å²) < 4.78 is 5.29. The van der Waals surface area contributed by atoms with Gasteiger partial charge in [-0.3, -0.25) is 9.89 Å². The Bertz CT molecular complexity index is 1120. The summed E-state index contributed by atoms with van der Waals surface area (Å²) in [6, 6.07) is 13.3. The summed E-state index contributed by atoms with van der Waals surface area (Å²) >= 11 is 12.6. The van der Waals surface area contributed by atoms with Crippen LogP contribution in [0.3, 0.4) is 0 Å². The first-order valence-electron chi connectivity index (χ1n) is 10.6. The van der Waals surface area contributed by atoms with Gasteiger partial charge in [-0.05, 0) is 54.8 Å². The Morgan fingerprint density at radius 3 is 2.45 bits per heavy atom. The number of aromatic nitrogens is 2. The summed E-state index contributed by atoms with van der Waals surface area (Å²) in [5, 5.41) is 8.55. The van der Waals surface area contributed by atoms with E-state index in [2.05, 4.69) is 10.2 Å². The van der Waals surface area contributed by atoms with Crippen molar-refractivity contribution in [2.45, 2.75) is 44.2 Å². The molecule has 5 rings (SSSR count). The monoisotopic (exact) mass is 455 g/mol. The maximum Gasteiger partial charge on any atom is 0.273 e. The minimum atomic E-state index is -0.254. The highest BCUT2D eigenvalue weighted by Gasteiger charge is 2.45. The fraction of sp³-hybridized carbons (Fsp3) is 0.333. The summed E-state index contributed by atoms with van der Waals surface area (Å²) in [4.78, 5) is 15.6. The van der Waals surface area contributed by atoms with Crippen LogP contribution in [0.5, 0.6) is 5.75 Å². The third-order valence-electron chi connectivity index (χ3n) is 6.39. The minimum absolute atomic E-state index is 0.00485. The van der Waals surface area contributed by atoms with Gasteiger partial charge in [-0.25, -0.2) is 0 Å². The van der Waals surface area contributed by atoms with Crippen molar-refractivity contribution in [1.29, 1.82) is 0 Å². The number of hydrogen-bond donors (Lipinski definition) is 1. The van der Waals surface area contributed by atoms with E-state index in [-0.39, 0.29) is 18.0 Å². The predicted molar refractivity (Wildman–Crippen MR) is 122 cm³/mol. The van der Waals surface area contributed by atoms with Crippen molar-refractivity contribution in [3.05, 3.63) is 69.3 Å². The highest BCUT2D eigenvalue weighted by Crippen LogP contribution is 2.46. The van der Waals surface area contributed by atoms with Gasteiger partial charge in [-0.1, -0.05) is 48.5 Å². The molecule has 0 bridgehead atoms. The van der Waals surface area contributed by atoms with Gasteiger partial charge in [-0.2, -0.15) is 5.10 Å². The number of carbonyl (C=O) groups excluding carboxylic acids is 1. The second-order valence-corrected chi connectivity index (χ2v) is 8.98. The zero-order chi connectivity index (χ0) is 21.5. The molecule has 1 aromatic heterocycles. The molecule has 0 spiro atoms. The van der Waals surface area contributed by atoms with Gasteiger partial charge < -0.3 is 9.64 Å². The Balaban J connectivity index is 1.65. The van der Waals surface area contributed by atoms with Gasteiger partial charge in [0.1, 0.15) is 11.4 Å². The number of benzene rings is 2. The van der Waals surface area contributed by atoms with Crippen LogP contribution in [-0.2, 0) is 0 Å². The molecule has 2 heterocycles. The normalized spacial score (nSPS) is 19.0. The van der Waals surface area contributed by atoms with Gasteiger partial charge in [0, 0.05) is 17.2 Å². The molecule has 31 heavy (non-hydrogen) atoms. The maximum atomic E-state index is 13.6. The van der Waals surface area contributed by atoms with E-state index >= 15 is 0 Å². The van der Waals surface area contributed by atoms with Crippen LogP contribution in [-0.4, -0.2) is 34.2 Å². The van der Waals surface area contributed by atoms with E-state index in [0.29, 0.717) is 15.7 Å². The van der Waals surface area contributed by atoms with Crippen LogP contribution >= 0.6 is 23.2 Å². The topological polar surface area (TPSA) is 58.2 Å². The van der Waals surface area contributed by atoms with Crippen LogP contribution < -0.4 is 4.74 Å². The number of ether oxygens (including phenoxy) is 1. The van der Waals surface area contributed by atoms with E-state index in [4.69, 9.17) is 27.9 Å². The van der Waals surface area contributed by atoms with Crippen LogP contribution in [0.15, 0.2) is 42.5 Å². The Hall–Kier alpha value is -2.50. The molecule has 7 heteroatoms. The molecule has 1 unspecified atom stereocenters. The molecule has 1 saturated carbocycles. The van der Waals surface area contributed by atoms with Crippen molar-refractivity contribution >= 4 is 29.1 Å². The number of nitrogens with zero attached hydrogens (tertiary/aromatic N) is 2. The molecule has 0 saturated heterocycles. The number of fused-ring (bicyclic) bond motifs is 1. The average molecular weight is 456 g/mol. The highest BCUT2D eigenvalue weighted by molar-refractivity contribution is 6.42. The molecule has 0 radical (unpaired) electrons. The lowest BCUT2D eigenvalue weighted by Crippen LogP contribution is -2.40. The van der Waals surface area contributed by atoms with Crippen LogP contribution in [0.1, 0.15) is 59.8 Å². The molecular weight excluding hydrogens is 433 g/mol. The summed E-state index contributed by atoms with van der Waals surface area (Å²) in [5.74, 6) is 0.780. The van der Waals surface area contributed by atoms with Crippen molar-refractivity contribution in [3.8, 4) is 17.0 Å². The van der Waals surface area contributed by atoms with Gasteiger partial charge >= 0.3 is 0 Å². The Labute approximate surface area is 191 Å². The third kappa shape index (κ3) is 3.50.